The van der Waals surface area contributed by atoms with Crippen molar-refractivity contribution in [2.24, 2.45) is 5.92 Å². The molecule has 2 heteroatoms. The SMILES string of the molecule is CCN(CC#N)CC1CCCCC1. The fourth-order valence-corrected chi connectivity index (χ4v) is 2.14. The number of hydrogen-bond acceptors (Lipinski definition) is 2. The van der Waals surface area contributed by atoms with Gasteiger partial charge in [0, 0.05) is 6.54 Å². The Kier molecular flexibility index (Phi) is 4.85. The molecule has 0 aromatic rings. The maximum Gasteiger partial charge on any atom is 0.0865 e. The van der Waals surface area contributed by atoms with Gasteiger partial charge in [0.15, 0.2) is 0 Å². The predicted molar refractivity (Wildman–Crippen MR) is 54.3 cm³/mol. The van der Waals surface area contributed by atoms with Gasteiger partial charge in [-0.15, -0.1) is 0 Å². The van der Waals surface area contributed by atoms with Crippen LogP contribution < -0.4 is 0 Å². The van der Waals surface area contributed by atoms with Crippen LogP contribution in [-0.4, -0.2) is 24.5 Å². The summed E-state index contributed by atoms with van der Waals surface area (Å²) in [7, 11) is 0. The largest absolute Gasteiger partial charge is 0.291 e. The number of rotatable bonds is 4. The topological polar surface area (TPSA) is 27.0 Å². The van der Waals surface area contributed by atoms with E-state index in [0.717, 1.165) is 19.0 Å². The molecule has 0 amide bonds. The van der Waals surface area contributed by atoms with Crippen molar-refractivity contribution in [2.45, 2.75) is 39.0 Å². The van der Waals surface area contributed by atoms with Crippen LogP contribution in [0, 0.1) is 17.2 Å². The predicted octanol–water partition coefficient (Wildman–Crippen LogP) is 2.41. The summed E-state index contributed by atoms with van der Waals surface area (Å²) in [5.74, 6) is 0.863. The van der Waals surface area contributed by atoms with Crippen LogP contribution >= 0.6 is 0 Å². The van der Waals surface area contributed by atoms with E-state index >= 15 is 0 Å². The van der Waals surface area contributed by atoms with Crippen molar-refractivity contribution in [1.29, 1.82) is 5.26 Å². The highest BCUT2D eigenvalue weighted by Crippen LogP contribution is 2.24. The molecule has 1 aliphatic carbocycles. The average Bonchev–Trinajstić information content (AvgIpc) is 2.19. The van der Waals surface area contributed by atoms with E-state index in [1.54, 1.807) is 0 Å². The van der Waals surface area contributed by atoms with Crippen LogP contribution in [-0.2, 0) is 0 Å². The highest BCUT2D eigenvalue weighted by atomic mass is 15.1. The van der Waals surface area contributed by atoms with Gasteiger partial charge in [0.1, 0.15) is 0 Å². The summed E-state index contributed by atoms with van der Waals surface area (Å²) in [6.45, 7) is 4.90. The Morgan fingerprint density at radius 1 is 1.31 bits per heavy atom. The summed E-state index contributed by atoms with van der Waals surface area (Å²) in [6.07, 6.45) is 6.97. The molecule has 0 spiro atoms. The number of nitriles is 1. The summed E-state index contributed by atoms with van der Waals surface area (Å²) in [5, 5.41) is 8.61. The van der Waals surface area contributed by atoms with Crippen molar-refractivity contribution in [3.63, 3.8) is 0 Å². The van der Waals surface area contributed by atoms with E-state index in [9.17, 15) is 0 Å². The van der Waals surface area contributed by atoms with Crippen molar-refractivity contribution in [1.82, 2.24) is 4.90 Å². The molecule has 1 aliphatic rings. The second-order valence-electron chi connectivity index (χ2n) is 3.99. The summed E-state index contributed by atoms with van der Waals surface area (Å²) < 4.78 is 0. The average molecular weight is 180 g/mol. The fraction of sp³-hybridized carbons (Fsp3) is 0.909. The van der Waals surface area contributed by atoms with Crippen molar-refractivity contribution in [2.75, 3.05) is 19.6 Å². The molecule has 0 unspecified atom stereocenters. The van der Waals surface area contributed by atoms with Crippen molar-refractivity contribution >= 4 is 0 Å². The van der Waals surface area contributed by atoms with Crippen LogP contribution in [0.5, 0.6) is 0 Å². The summed E-state index contributed by atoms with van der Waals surface area (Å²) >= 11 is 0. The minimum absolute atomic E-state index is 0.604. The zero-order chi connectivity index (χ0) is 9.52. The van der Waals surface area contributed by atoms with Gasteiger partial charge in [0.2, 0.25) is 0 Å². The minimum Gasteiger partial charge on any atom is -0.291 e. The van der Waals surface area contributed by atoms with E-state index < -0.39 is 0 Å². The Hall–Kier alpha value is -0.550. The molecule has 13 heavy (non-hydrogen) atoms. The Balaban J connectivity index is 2.23. The molecule has 1 fully saturated rings. The van der Waals surface area contributed by atoms with E-state index in [1.165, 1.54) is 32.1 Å². The summed E-state index contributed by atoms with van der Waals surface area (Å²) in [4.78, 5) is 2.26. The zero-order valence-corrected chi connectivity index (χ0v) is 8.63. The molecule has 1 saturated carbocycles. The maximum absolute atomic E-state index is 8.61. The Morgan fingerprint density at radius 2 is 2.00 bits per heavy atom. The first-order valence-electron chi connectivity index (χ1n) is 5.46. The van der Waals surface area contributed by atoms with Crippen molar-refractivity contribution in [3.05, 3.63) is 0 Å². The van der Waals surface area contributed by atoms with Gasteiger partial charge in [-0.25, -0.2) is 0 Å². The third-order valence-corrected chi connectivity index (χ3v) is 2.98. The van der Waals surface area contributed by atoms with Crippen LogP contribution in [0.2, 0.25) is 0 Å². The van der Waals surface area contributed by atoms with Gasteiger partial charge in [-0.1, -0.05) is 26.2 Å². The lowest BCUT2D eigenvalue weighted by atomic mass is 9.89. The van der Waals surface area contributed by atoms with Gasteiger partial charge < -0.3 is 0 Å². The van der Waals surface area contributed by atoms with E-state index in [2.05, 4.69) is 17.9 Å². The Morgan fingerprint density at radius 3 is 2.54 bits per heavy atom. The molecule has 0 atom stereocenters. The third-order valence-electron chi connectivity index (χ3n) is 2.98. The van der Waals surface area contributed by atoms with Gasteiger partial charge in [-0.3, -0.25) is 4.90 Å². The van der Waals surface area contributed by atoms with E-state index in [4.69, 9.17) is 5.26 Å². The third kappa shape index (κ3) is 3.78. The molecular formula is C11H20N2. The molecule has 2 nitrogen and oxygen atoms in total. The monoisotopic (exact) mass is 180 g/mol. The lowest BCUT2D eigenvalue weighted by molar-refractivity contribution is 0.226. The molecule has 1 rings (SSSR count). The molecule has 0 N–H and O–H groups in total. The van der Waals surface area contributed by atoms with Gasteiger partial charge in [-0.2, -0.15) is 5.26 Å². The van der Waals surface area contributed by atoms with Gasteiger partial charge >= 0.3 is 0 Å². The number of hydrogen-bond donors (Lipinski definition) is 0. The Bertz CT molecular complexity index is 165. The van der Waals surface area contributed by atoms with Gasteiger partial charge in [-0.05, 0) is 25.3 Å². The lowest BCUT2D eigenvalue weighted by Gasteiger charge is -2.27. The van der Waals surface area contributed by atoms with Crippen molar-refractivity contribution in [3.8, 4) is 6.07 Å². The Labute approximate surface area is 81.5 Å². The van der Waals surface area contributed by atoms with Crippen LogP contribution in [0.3, 0.4) is 0 Å². The highest BCUT2D eigenvalue weighted by Gasteiger charge is 2.15. The van der Waals surface area contributed by atoms with Gasteiger partial charge in [0.25, 0.3) is 0 Å². The molecule has 0 bridgehead atoms. The molecule has 0 aromatic heterocycles. The van der Waals surface area contributed by atoms with Crippen LogP contribution in [0.1, 0.15) is 39.0 Å². The molecule has 0 aliphatic heterocycles. The molecule has 0 aromatic carbocycles. The normalized spacial score (nSPS) is 18.8. The van der Waals surface area contributed by atoms with Crippen LogP contribution in [0.25, 0.3) is 0 Å². The van der Waals surface area contributed by atoms with E-state index in [-0.39, 0.29) is 0 Å². The fourth-order valence-electron chi connectivity index (χ4n) is 2.14. The lowest BCUT2D eigenvalue weighted by Crippen LogP contribution is -2.30. The highest BCUT2D eigenvalue weighted by molar-refractivity contribution is 4.78. The van der Waals surface area contributed by atoms with Gasteiger partial charge in [0.05, 0.1) is 12.6 Å². The summed E-state index contributed by atoms with van der Waals surface area (Å²) in [6, 6.07) is 2.23. The first-order chi connectivity index (χ1) is 6.36. The zero-order valence-electron chi connectivity index (χ0n) is 8.63. The smallest absolute Gasteiger partial charge is 0.0865 e. The first-order valence-corrected chi connectivity index (χ1v) is 5.46. The summed E-state index contributed by atoms with van der Waals surface area (Å²) in [5.41, 5.74) is 0. The van der Waals surface area contributed by atoms with E-state index in [0.29, 0.717) is 6.54 Å². The standard InChI is InChI=1S/C11H20N2/c1-2-13(9-8-12)10-11-6-4-3-5-7-11/h11H,2-7,9-10H2,1H3. The second kappa shape index (κ2) is 5.99. The molecule has 0 heterocycles. The second-order valence-corrected chi connectivity index (χ2v) is 3.99. The van der Waals surface area contributed by atoms with Crippen LogP contribution in [0.4, 0.5) is 0 Å². The van der Waals surface area contributed by atoms with Crippen LogP contribution in [0.15, 0.2) is 0 Å². The molecule has 0 radical (unpaired) electrons. The number of nitrogens with zero attached hydrogens (tertiary/aromatic N) is 2. The molecular weight excluding hydrogens is 160 g/mol. The first kappa shape index (κ1) is 10.5. The minimum atomic E-state index is 0.604. The van der Waals surface area contributed by atoms with Crippen molar-refractivity contribution < 1.29 is 0 Å². The molecule has 74 valence electrons. The maximum atomic E-state index is 8.61. The molecule has 0 saturated heterocycles. The quantitative estimate of drug-likeness (QED) is 0.621. The van der Waals surface area contributed by atoms with E-state index in [1.807, 2.05) is 0 Å².